The first-order valence-corrected chi connectivity index (χ1v) is 5.11. The Morgan fingerprint density at radius 2 is 1.76 bits per heavy atom. The minimum Gasteiger partial charge on any atom is -0.384 e. The van der Waals surface area contributed by atoms with E-state index in [9.17, 15) is 18.3 Å². The van der Waals surface area contributed by atoms with Crippen molar-refractivity contribution in [1.82, 2.24) is 4.98 Å². The van der Waals surface area contributed by atoms with E-state index >= 15 is 0 Å². The van der Waals surface area contributed by atoms with Crippen LogP contribution in [0.15, 0.2) is 24.3 Å². The van der Waals surface area contributed by atoms with Crippen LogP contribution >= 0.6 is 0 Å². The molecule has 1 heterocycles. The topological polar surface area (TPSA) is 36.0 Å². The van der Waals surface area contributed by atoms with Crippen molar-refractivity contribution in [3.63, 3.8) is 0 Å². The third-order valence-electron chi connectivity index (χ3n) is 2.61. The van der Waals surface area contributed by atoms with E-state index in [0.717, 1.165) is 12.1 Å². The second-order valence-corrected chi connectivity index (χ2v) is 4.54. The van der Waals surface area contributed by atoms with Gasteiger partial charge < -0.3 is 10.1 Å². The molecule has 0 bridgehead atoms. The average Bonchev–Trinajstić information content (AvgIpc) is 2.57. The van der Waals surface area contributed by atoms with Crippen LogP contribution in [0, 0.1) is 0 Å². The van der Waals surface area contributed by atoms with Gasteiger partial charge in [-0.3, -0.25) is 0 Å². The van der Waals surface area contributed by atoms with E-state index in [0.29, 0.717) is 16.6 Å². The van der Waals surface area contributed by atoms with E-state index in [4.69, 9.17) is 0 Å². The van der Waals surface area contributed by atoms with Crippen LogP contribution in [0.2, 0.25) is 0 Å². The van der Waals surface area contributed by atoms with Crippen molar-refractivity contribution in [1.29, 1.82) is 0 Å². The fraction of sp³-hybridized carbons (Fsp3) is 0.333. The summed E-state index contributed by atoms with van der Waals surface area (Å²) >= 11 is 0. The molecular formula is C12H12F3NO. The van der Waals surface area contributed by atoms with Crippen molar-refractivity contribution in [3.8, 4) is 0 Å². The number of nitrogens with one attached hydrogen (secondary N) is 1. The molecule has 0 saturated heterocycles. The Hall–Kier alpha value is -1.49. The van der Waals surface area contributed by atoms with Gasteiger partial charge in [0.2, 0.25) is 0 Å². The van der Waals surface area contributed by atoms with Crippen molar-refractivity contribution in [2.24, 2.45) is 0 Å². The molecule has 2 nitrogen and oxygen atoms in total. The first kappa shape index (κ1) is 12.0. The standard InChI is InChI=1S/C12H12F3NO/c1-11(2,17)10-5-7-3-4-8(12(13,14)15)6-9(7)16-10/h3-6,16-17H,1-2H3. The molecule has 0 aliphatic heterocycles. The van der Waals surface area contributed by atoms with Gasteiger partial charge in [-0.15, -0.1) is 0 Å². The van der Waals surface area contributed by atoms with Gasteiger partial charge in [0.25, 0.3) is 0 Å². The number of H-pyrrole nitrogens is 1. The molecule has 0 aliphatic rings. The molecule has 0 radical (unpaired) electrons. The van der Waals surface area contributed by atoms with Gasteiger partial charge in [-0.25, -0.2) is 0 Å². The van der Waals surface area contributed by atoms with Crippen LogP contribution in [-0.4, -0.2) is 10.1 Å². The maximum Gasteiger partial charge on any atom is 0.416 e. The maximum atomic E-state index is 12.5. The molecule has 0 saturated carbocycles. The predicted molar refractivity (Wildman–Crippen MR) is 58.5 cm³/mol. The largest absolute Gasteiger partial charge is 0.416 e. The highest BCUT2D eigenvalue weighted by atomic mass is 19.4. The van der Waals surface area contributed by atoms with E-state index in [2.05, 4.69) is 4.98 Å². The van der Waals surface area contributed by atoms with Crippen LogP contribution in [0.4, 0.5) is 13.2 Å². The van der Waals surface area contributed by atoms with E-state index in [1.54, 1.807) is 19.9 Å². The van der Waals surface area contributed by atoms with E-state index in [1.807, 2.05) is 0 Å². The Morgan fingerprint density at radius 1 is 1.12 bits per heavy atom. The van der Waals surface area contributed by atoms with Crippen molar-refractivity contribution in [2.75, 3.05) is 0 Å². The third-order valence-corrected chi connectivity index (χ3v) is 2.61. The van der Waals surface area contributed by atoms with Crippen LogP contribution in [0.1, 0.15) is 25.1 Å². The first-order chi connectivity index (χ1) is 7.68. The maximum absolute atomic E-state index is 12.5. The second-order valence-electron chi connectivity index (χ2n) is 4.54. The monoisotopic (exact) mass is 243 g/mol. The summed E-state index contributed by atoms with van der Waals surface area (Å²) in [5.41, 5.74) is -0.935. The molecule has 1 aromatic carbocycles. The summed E-state index contributed by atoms with van der Waals surface area (Å²) in [4.78, 5) is 2.80. The highest BCUT2D eigenvalue weighted by molar-refractivity contribution is 5.81. The summed E-state index contributed by atoms with van der Waals surface area (Å²) in [5, 5.41) is 10.4. The number of alkyl halides is 3. The molecule has 5 heteroatoms. The van der Waals surface area contributed by atoms with Gasteiger partial charge in [-0.05, 0) is 37.4 Å². The molecule has 17 heavy (non-hydrogen) atoms. The zero-order valence-corrected chi connectivity index (χ0v) is 9.39. The van der Waals surface area contributed by atoms with Gasteiger partial charge in [0.05, 0.1) is 11.2 Å². The molecule has 0 spiro atoms. The Kier molecular flexibility index (Phi) is 2.47. The minimum absolute atomic E-state index is 0.372. The van der Waals surface area contributed by atoms with Gasteiger partial charge in [-0.2, -0.15) is 13.2 Å². The fourth-order valence-electron chi connectivity index (χ4n) is 1.63. The minimum atomic E-state index is -4.35. The quantitative estimate of drug-likeness (QED) is 0.791. The molecule has 2 N–H and O–H groups in total. The predicted octanol–water partition coefficient (Wildman–Crippen LogP) is 3.41. The van der Waals surface area contributed by atoms with E-state index in [1.165, 1.54) is 6.07 Å². The normalized spacial score (nSPS) is 13.3. The SMILES string of the molecule is CC(C)(O)c1cc2ccc(C(F)(F)F)cc2[nH]1. The lowest BCUT2D eigenvalue weighted by molar-refractivity contribution is -0.137. The van der Waals surface area contributed by atoms with Gasteiger partial charge >= 0.3 is 6.18 Å². The molecule has 0 fully saturated rings. The first-order valence-electron chi connectivity index (χ1n) is 5.11. The van der Waals surface area contributed by atoms with Crippen molar-refractivity contribution in [3.05, 3.63) is 35.5 Å². The number of aromatic nitrogens is 1. The summed E-state index contributed by atoms with van der Waals surface area (Å²) in [6.07, 6.45) is -4.35. The Labute approximate surface area is 96.1 Å². The summed E-state index contributed by atoms with van der Waals surface area (Å²) in [6.45, 7) is 3.14. The molecule has 2 rings (SSSR count). The molecule has 0 atom stereocenters. The second kappa shape index (κ2) is 3.50. The summed E-state index contributed by atoms with van der Waals surface area (Å²) < 4.78 is 37.5. The Bertz CT molecular complexity index is 537. The van der Waals surface area contributed by atoms with Gasteiger partial charge in [0.15, 0.2) is 0 Å². The number of halogens is 3. The zero-order valence-electron chi connectivity index (χ0n) is 9.39. The van der Waals surface area contributed by atoms with Crippen LogP contribution in [-0.2, 0) is 11.8 Å². The average molecular weight is 243 g/mol. The van der Waals surface area contributed by atoms with Gasteiger partial charge in [0.1, 0.15) is 0 Å². The smallest absolute Gasteiger partial charge is 0.384 e. The molecule has 0 unspecified atom stereocenters. The summed E-state index contributed by atoms with van der Waals surface area (Å²) in [5.74, 6) is 0. The Morgan fingerprint density at radius 3 is 2.29 bits per heavy atom. The lowest BCUT2D eigenvalue weighted by atomic mass is 10.1. The lowest BCUT2D eigenvalue weighted by Crippen LogP contribution is -2.15. The van der Waals surface area contributed by atoms with Gasteiger partial charge in [0, 0.05) is 11.2 Å². The third kappa shape index (κ3) is 2.29. The van der Waals surface area contributed by atoms with Crippen molar-refractivity contribution < 1.29 is 18.3 Å². The van der Waals surface area contributed by atoms with Gasteiger partial charge in [-0.1, -0.05) is 6.07 Å². The zero-order chi connectivity index (χ0) is 12.8. The molecule has 0 aliphatic carbocycles. The van der Waals surface area contributed by atoms with Crippen LogP contribution in [0.25, 0.3) is 10.9 Å². The number of fused-ring (bicyclic) bond motifs is 1. The summed E-state index contributed by atoms with van der Waals surface area (Å²) in [6, 6.07) is 5.12. The number of hydrogen-bond acceptors (Lipinski definition) is 1. The fourth-order valence-corrected chi connectivity index (χ4v) is 1.63. The molecular weight excluding hydrogens is 231 g/mol. The summed E-state index contributed by atoms with van der Waals surface area (Å²) in [7, 11) is 0. The molecule has 0 amide bonds. The number of aromatic amines is 1. The van der Waals surface area contributed by atoms with Crippen LogP contribution in [0.5, 0.6) is 0 Å². The van der Waals surface area contributed by atoms with Crippen molar-refractivity contribution >= 4 is 10.9 Å². The lowest BCUT2D eigenvalue weighted by Gasteiger charge is -2.14. The van der Waals surface area contributed by atoms with E-state index in [-0.39, 0.29) is 0 Å². The molecule has 2 aromatic rings. The van der Waals surface area contributed by atoms with Crippen LogP contribution < -0.4 is 0 Å². The molecule has 1 aromatic heterocycles. The highest BCUT2D eigenvalue weighted by Gasteiger charge is 2.30. The number of hydrogen-bond donors (Lipinski definition) is 2. The number of benzene rings is 1. The molecule has 92 valence electrons. The van der Waals surface area contributed by atoms with Crippen molar-refractivity contribution in [2.45, 2.75) is 25.6 Å². The number of aliphatic hydroxyl groups is 1. The van der Waals surface area contributed by atoms with Crippen LogP contribution in [0.3, 0.4) is 0 Å². The van der Waals surface area contributed by atoms with E-state index < -0.39 is 17.3 Å². The Balaban J connectivity index is 2.56. The highest BCUT2D eigenvalue weighted by Crippen LogP contribution is 2.32. The number of rotatable bonds is 1.